The van der Waals surface area contributed by atoms with Crippen molar-refractivity contribution in [2.45, 2.75) is 10.2 Å². The molecule has 0 spiro atoms. The van der Waals surface area contributed by atoms with Gasteiger partial charge in [0.2, 0.25) is 5.16 Å². The Morgan fingerprint density at radius 1 is 1.09 bits per heavy atom. The number of methoxy groups -OCH3 is 2. The minimum atomic E-state index is -0.398. The molecule has 162 valence electrons. The van der Waals surface area contributed by atoms with E-state index >= 15 is 0 Å². The van der Waals surface area contributed by atoms with Crippen molar-refractivity contribution < 1.29 is 18.7 Å². The molecule has 4 aromatic rings. The first-order valence-corrected chi connectivity index (χ1v) is 10.2. The molecular formula is C21H18N6O4S. The Morgan fingerprint density at radius 2 is 1.91 bits per heavy atom. The summed E-state index contributed by atoms with van der Waals surface area (Å²) >= 11 is 1.27. The summed E-state index contributed by atoms with van der Waals surface area (Å²) in [7, 11) is 3.03. The molecular weight excluding hydrogens is 432 g/mol. The van der Waals surface area contributed by atoms with Crippen LogP contribution in [0.15, 0.2) is 80.4 Å². The number of rotatable bonds is 8. The highest BCUT2D eigenvalue weighted by Gasteiger charge is 2.13. The number of carbonyl (C=O) groups is 1. The topological polar surface area (TPSA) is 117 Å². The lowest BCUT2D eigenvalue weighted by Gasteiger charge is -2.08. The van der Waals surface area contributed by atoms with Gasteiger partial charge >= 0.3 is 0 Å². The van der Waals surface area contributed by atoms with Gasteiger partial charge in [-0.15, -0.1) is 5.10 Å². The lowest BCUT2D eigenvalue weighted by molar-refractivity contribution is 0.0954. The van der Waals surface area contributed by atoms with Crippen molar-refractivity contribution in [2.24, 2.45) is 5.10 Å². The van der Waals surface area contributed by atoms with Crippen molar-refractivity contribution >= 4 is 23.9 Å². The number of nitrogens with zero attached hydrogens (tertiary/aromatic N) is 5. The van der Waals surface area contributed by atoms with Crippen LogP contribution in [0.4, 0.5) is 0 Å². The molecule has 1 amide bonds. The maximum absolute atomic E-state index is 12.3. The molecule has 2 aromatic carbocycles. The van der Waals surface area contributed by atoms with Gasteiger partial charge in [0.15, 0.2) is 16.6 Å². The van der Waals surface area contributed by atoms with Gasteiger partial charge in [0.1, 0.15) is 5.76 Å². The third-order valence-electron chi connectivity index (χ3n) is 4.24. The molecule has 11 heteroatoms. The molecule has 0 unspecified atom stereocenters. The summed E-state index contributed by atoms with van der Waals surface area (Å²) < 4.78 is 17.7. The zero-order valence-electron chi connectivity index (χ0n) is 17.1. The van der Waals surface area contributed by atoms with Crippen LogP contribution in [0.1, 0.15) is 16.1 Å². The van der Waals surface area contributed by atoms with Crippen LogP contribution in [0.2, 0.25) is 0 Å². The number of amides is 1. The van der Waals surface area contributed by atoms with E-state index in [2.05, 4.69) is 26.1 Å². The fraction of sp³-hybridized carbons (Fsp3) is 0.0952. The van der Waals surface area contributed by atoms with E-state index in [0.717, 1.165) is 5.69 Å². The molecule has 0 atom stereocenters. The fourth-order valence-electron chi connectivity index (χ4n) is 2.72. The quantitative estimate of drug-likeness (QED) is 0.321. The van der Waals surface area contributed by atoms with Crippen molar-refractivity contribution in [3.05, 3.63) is 72.0 Å². The van der Waals surface area contributed by atoms with Gasteiger partial charge in [0.05, 0.1) is 26.1 Å². The number of benzene rings is 2. The first kappa shape index (κ1) is 21.1. The molecule has 0 bridgehead atoms. The average Bonchev–Trinajstić information content (AvgIpc) is 3.49. The zero-order chi connectivity index (χ0) is 22.3. The van der Waals surface area contributed by atoms with Gasteiger partial charge in [0, 0.05) is 5.56 Å². The van der Waals surface area contributed by atoms with Gasteiger partial charge in [-0.3, -0.25) is 4.79 Å². The van der Waals surface area contributed by atoms with Gasteiger partial charge in [-0.05, 0) is 64.7 Å². The number of carbonyl (C=O) groups excluding carboxylic acids is 1. The lowest BCUT2D eigenvalue weighted by Crippen LogP contribution is -2.17. The second kappa shape index (κ2) is 9.79. The fourth-order valence-corrected chi connectivity index (χ4v) is 3.48. The Morgan fingerprint density at radius 3 is 2.69 bits per heavy atom. The molecule has 0 saturated heterocycles. The minimum absolute atomic E-state index is 0.378. The lowest BCUT2D eigenvalue weighted by atomic mass is 10.2. The van der Waals surface area contributed by atoms with Crippen molar-refractivity contribution in [1.82, 2.24) is 25.6 Å². The van der Waals surface area contributed by atoms with E-state index < -0.39 is 5.91 Å². The van der Waals surface area contributed by atoms with Crippen LogP contribution in [0.3, 0.4) is 0 Å². The minimum Gasteiger partial charge on any atom is -0.493 e. The molecule has 0 fully saturated rings. The van der Waals surface area contributed by atoms with Crippen molar-refractivity contribution in [3.8, 4) is 17.2 Å². The maximum atomic E-state index is 12.3. The SMILES string of the molecule is COc1ccc(C(=O)N/N=C\c2ccc(Sc3nnnn3-c3ccccc3)o2)cc1OC. The van der Waals surface area contributed by atoms with Gasteiger partial charge in [-0.1, -0.05) is 18.2 Å². The number of nitrogens with one attached hydrogen (secondary N) is 1. The second-order valence-electron chi connectivity index (χ2n) is 6.24. The summed E-state index contributed by atoms with van der Waals surface area (Å²) in [6.45, 7) is 0. The summed E-state index contributed by atoms with van der Waals surface area (Å²) in [5.74, 6) is 1.05. The van der Waals surface area contributed by atoms with E-state index in [9.17, 15) is 4.79 Å². The molecule has 0 aliphatic heterocycles. The Kier molecular flexibility index (Phi) is 6.46. The van der Waals surface area contributed by atoms with E-state index in [1.807, 2.05) is 30.3 Å². The molecule has 2 heterocycles. The Labute approximate surface area is 187 Å². The highest BCUT2D eigenvalue weighted by molar-refractivity contribution is 7.99. The van der Waals surface area contributed by atoms with Crippen LogP contribution in [-0.4, -0.2) is 46.5 Å². The van der Waals surface area contributed by atoms with E-state index in [0.29, 0.717) is 33.1 Å². The highest BCUT2D eigenvalue weighted by atomic mass is 32.2. The Bertz CT molecular complexity index is 1240. The van der Waals surface area contributed by atoms with E-state index in [1.165, 1.54) is 32.2 Å². The number of furan rings is 1. The van der Waals surface area contributed by atoms with E-state index in [1.54, 1.807) is 35.0 Å². The van der Waals surface area contributed by atoms with Gasteiger partial charge in [0.25, 0.3) is 5.91 Å². The molecule has 2 aromatic heterocycles. The smallest absolute Gasteiger partial charge is 0.271 e. The summed E-state index contributed by atoms with van der Waals surface area (Å²) in [5, 5.41) is 16.9. The van der Waals surface area contributed by atoms with Gasteiger partial charge < -0.3 is 13.9 Å². The van der Waals surface area contributed by atoms with Crippen LogP contribution < -0.4 is 14.9 Å². The molecule has 0 radical (unpaired) electrons. The van der Waals surface area contributed by atoms with Crippen molar-refractivity contribution in [1.29, 1.82) is 0 Å². The monoisotopic (exact) mass is 450 g/mol. The second-order valence-corrected chi connectivity index (χ2v) is 7.21. The number of ether oxygens (including phenoxy) is 2. The third kappa shape index (κ3) is 4.78. The molecule has 1 N–H and O–H groups in total. The summed E-state index contributed by atoms with van der Waals surface area (Å²) in [4.78, 5) is 12.3. The normalized spacial score (nSPS) is 10.9. The van der Waals surface area contributed by atoms with Crippen molar-refractivity contribution in [3.63, 3.8) is 0 Å². The molecule has 0 aliphatic rings. The number of tetrazole rings is 1. The molecule has 0 saturated carbocycles. The number of hydrogen-bond acceptors (Lipinski definition) is 9. The summed E-state index contributed by atoms with van der Waals surface area (Å²) in [6.07, 6.45) is 1.41. The van der Waals surface area contributed by atoms with Crippen LogP contribution in [0.5, 0.6) is 11.5 Å². The Hall–Kier alpha value is -4.12. The van der Waals surface area contributed by atoms with Crippen molar-refractivity contribution in [2.75, 3.05) is 14.2 Å². The maximum Gasteiger partial charge on any atom is 0.271 e. The average molecular weight is 450 g/mol. The molecule has 4 rings (SSSR count). The van der Waals surface area contributed by atoms with E-state index in [4.69, 9.17) is 13.9 Å². The van der Waals surface area contributed by atoms with Gasteiger partial charge in [-0.25, -0.2) is 5.43 Å². The van der Waals surface area contributed by atoms with Crippen LogP contribution >= 0.6 is 11.8 Å². The zero-order valence-corrected chi connectivity index (χ0v) is 17.9. The largest absolute Gasteiger partial charge is 0.493 e. The molecule has 32 heavy (non-hydrogen) atoms. The number of hydrogen-bond donors (Lipinski definition) is 1. The number of aromatic nitrogens is 4. The number of hydrazone groups is 1. The summed E-state index contributed by atoms with van der Waals surface area (Å²) in [5.41, 5.74) is 3.67. The standard InChI is InChI=1S/C21H18N6O4S/c1-29-17-10-8-14(12-18(17)30-2)20(28)23-22-13-16-9-11-19(31-16)32-21-24-25-26-27(21)15-6-4-3-5-7-15/h3-13H,1-2H3,(H,23,28)/b22-13-. The first-order chi connectivity index (χ1) is 15.7. The summed E-state index contributed by atoms with van der Waals surface area (Å²) in [6, 6.07) is 17.9. The highest BCUT2D eigenvalue weighted by Crippen LogP contribution is 2.29. The molecule has 0 aliphatic carbocycles. The predicted molar refractivity (Wildman–Crippen MR) is 117 cm³/mol. The van der Waals surface area contributed by atoms with Crippen LogP contribution in [0.25, 0.3) is 5.69 Å². The Balaban J connectivity index is 1.39. The third-order valence-corrected chi connectivity index (χ3v) is 5.10. The van der Waals surface area contributed by atoms with Gasteiger partial charge in [-0.2, -0.15) is 9.78 Å². The molecule has 10 nitrogen and oxygen atoms in total. The van der Waals surface area contributed by atoms with E-state index in [-0.39, 0.29) is 0 Å². The predicted octanol–water partition coefficient (Wildman–Crippen LogP) is 3.19. The number of para-hydroxylation sites is 1. The first-order valence-electron chi connectivity index (χ1n) is 9.35. The van der Waals surface area contributed by atoms with Crippen LogP contribution in [0, 0.1) is 0 Å². The van der Waals surface area contributed by atoms with Crippen LogP contribution in [-0.2, 0) is 0 Å².